The molecule has 2 heterocycles. The Balaban J connectivity index is 2.54. The second-order valence-corrected chi connectivity index (χ2v) is 5.14. The number of nitrogens with one attached hydrogen (secondary N) is 1. The normalized spacial score (nSPS) is 10.8. The van der Waals surface area contributed by atoms with Crippen molar-refractivity contribution < 1.29 is 4.39 Å². The third-order valence-corrected chi connectivity index (χ3v) is 3.62. The van der Waals surface area contributed by atoms with Crippen LogP contribution in [0, 0.1) is 5.82 Å². The van der Waals surface area contributed by atoms with Gasteiger partial charge in [-0.25, -0.2) is 9.37 Å². The molecule has 0 saturated heterocycles. The summed E-state index contributed by atoms with van der Waals surface area (Å²) in [6.07, 6.45) is 6.69. The van der Waals surface area contributed by atoms with Crippen molar-refractivity contribution in [2.45, 2.75) is 6.92 Å². The Hall–Kier alpha value is -2.96. The van der Waals surface area contributed by atoms with E-state index in [1.54, 1.807) is 25.7 Å². The topological polar surface area (TPSA) is 79.4 Å². The van der Waals surface area contributed by atoms with Crippen LogP contribution >= 0.6 is 0 Å². The van der Waals surface area contributed by atoms with Gasteiger partial charge in [-0.2, -0.15) is 0 Å². The van der Waals surface area contributed by atoms with Gasteiger partial charge in [0, 0.05) is 38.0 Å². The maximum Gasteiger partial charge on any atom is 0.165 e. The molecule has 0 unspecified atom stereocenters. The molecule has 2 rings (SSSR count). The number of rotatable bonds is 6. The number of hydrogen-bond donors (Lipinski definition) is 2. The van der Waals surface area contributed by atoms with E-state index in [0.717, 1.165) is 17.8 Å². The largest absolute Gasteiger partial charge is 0.381 e. The first-order valence-corrected chi connectivity index (χ1v) is 7.48. The number of nitrogens with two attached hydrogens (primary N) is 1. The lowest BCUT2D eigenvalue weighted by Crippen LogP contribution is -2.18. The Labute approximate surface area is 141 Å². The first-order chi connectivity index (χ1) is 11.5. The van der Waals surface area contributed by atoms with Crippen LogP contribution in [-0.2, 0) is 0 Å². The predicted molar refractivity (Wildman–Crippen MR) is 98.7 cm³/mol. The molecule has 3 N–H and O–H groups in total. The quantitative estimate of drug-likeness (QED) is 0.797. The van der Waals surface area contributed by atoms with E-state index in [1.807, 2.05) is 14.0 Å². The van der Waals surface area contributed by atoms with Crippen LogP contribution in [0.1, 0.15) is 18.1 Å². The minimum absolute atomic E-state index is 0.177. The minimum atomic E-state index is -0.580. The van der Waals surface area contributed by atoms with E-state index in [0.29, 0.717) is 17.1 Å². The summed E-state index contributed by atoms with van der Waals surface area (Å²) < 4.78 is 13.6. The SMILES string of the molecule is C=Cc1cc(F)c(N)nc1Nc1cncc(N(C)CC)c1/C=N\C. The molecule has 2 aromatic rings. The summed E-state index contributed by atoms with van der Waals surface area (Å²) in [6, 6.07) is 1.29. The molecule has 0 aromatic carbocycles. The molecule has 0 saturated carbocycles. The molecule has 6 nitrogen and oxygen atoms in total. The molecule has 126 valence electrons. The summed E-state index contributed by atoms with van der Waals surface area (Å²) in [5, 5.41) is 3.15. The van der Waals surface area contributed by atoms with E-state index in [-0.39, 0.29) is 5.82 Å². The molecular weight excluding hydrogens is 307 g/mol. The van der Waals surface area contributed by atoms with E-state index in [1.165, 1.54) is 12.1 Å². The fourth-order valence-electron chi connectivity index (χ4n) is 2.20. The lowest BCUT2D eigenvalue weighted by Gasteiger charge is -2.21. The van der Waals surface area contributed by atoms with Crippen molar-refractivity contribution in [1.29, 1.82) is 0 Å². The van der Waals surface area contributed by atoms with Crippen molar-refractivity contribution in [2.24, 2.45) is 4.99 Å². The monoisotopic (exact) mass is 328 g/mol. The van der Waals surface area contributed by atoms with Crippen molar-refractivity contribution >= 4 is 35.3 Å². The van der Waals surface area contributed by atoms with Gasteiger partial charge in [-0.15, -0.1) is 0 Å². The number of aromatic nitrogens is 2. The van der Waals surface area contributed by atoms with E-state index < -0.39 is 5.82 Å². The molecule has 0 aliphatic heterocycles. The highest BCUT2D eigenvalue weighted by molar-refractivity contribution is 5.96. The molecule has 0 spiro atoms. The molecule has 0 fully saturated rings. The Morgan fingerprint density at radius 1 is 1.46 bits per heavy atom. The third kappa shape index (κ3) is 3.51. The minimum Gasteiger partial charge on any atom is -0.381 e. The van der Waals surface area contributed by atoms with Gasteiger partial charge in [0.2, 0.25) is 0 Å². The Morgan fingerprint density at radius 2 is 2.21 bits per heavy atom. The molecule has 0 amide bonds. The zero-order valence-corrected chi connectivity index (χ0v) is 14.0. The highest BCUT2D eigenvalue weighted by atomic mass is 19.1. The van der Waals surface area contributed by atoms with Gasteiger partial charge in [0.25, 0.3) is 0 Å². The summed E-state index contributed by atoms with van der Waals surface area (Å²) in [5.74, 6) is -0.347. The van der Waals surface area contributed by atoms with Gasteiger partial charge in [-0.05, 0) is 13.0 Å². The van der Waals surface area contributed by atoms with Crippen LogP contribution in [0.5, 0.6) is 0 Å². The first kappa shape index (κ1) is 17.4. The van der Waals surface area contributed by atoms with Crippen LogP contribution < -0.4 is 16.0 Å². The van der Waals surface area contributed by atoms with Gasteiger partial charge >= 0.3 is 0 Å². The smallest absolute Gasteiger partial charge is 0.165 e. The zero-order valence-electron chi connectivity index (χ0n) is 14.0. The number of nitrogen functional groups attached to an aromatic ring is 1. The van der Waals surface area contributed by atoms with Gasteiger partial charge in [-0.1, -0.05) is 12.7 Å². The van der Waals surface area contributed by atoms with Crippen molar-refractivity contribution in [3.8, 4) is 0 Å². The lowest BCUT2D eigenvalue weighted by atomic mass is 10.1. The summed E-state index contributed by atoms with van der Waals surface area (Å²) in [5.41, 5.74) is 8.57. The average molecular weight is 328 g/mol. The summed E-state index contributed by atoms with van der Waals surface area (Å²) in [4.78, 5) is 14.5. The maximum atomic E-state index is 13.6. The van der Waals surface area contributed by atoms with Crippen LogP contribution in [-0.4, -0.2) is 36.8 Å². The van der Waals surface area contributed by atoms with Crippen molar-refractivity contribution in [3.05, 3.63) is 42.0 Å². The van der Waals surface area contributed by atoms with Gasteiger partial charge in [0.05, 0.1) is 23.8 Å². The van der Waals surface area contributed by atoms with Crippen LogP contribution in [0.15, 0.2) is 30.0 Å². The van der Waals surface area contributed by atoms with Gasteiger partial charge in [0.15, 0.2) is 11.6 Å². The number of anilines is 4. The lowest BCUT2D eigenvalue weighted by molar-refractivity contribution is 0.627. The fraction of sp³-hybridized carbons (Fsp3) is 0.235. The number of hydrogen-bond acceptors (Lipinski definition) is 6. The Bertz CT molecular complexity index is 772. The van der Waals surface area contributed by atoms with Crippen LogP contribution in [0.25, 0.3) is 6.08 Å². The summed E-state index contributed by atoms with van der Waals surface area (Å²) >= 11 is 0. The summed E-state index contributed by atoms with van der Waals surface area (Å²) in [7, 11) is 3.67. The first-order valence-electron chi connectivity index (χ1n) is 7.48. The van der Waals surface area contributed by atoms with Crippen molar-refractivity contribution in [2.75, 3.05) is 36.6 Å². The van der Waals surface area contributed by atoms with Crippen LogP contribution in [0.2, 0.25) is 0 Å². The maximum absolute atomic E-state index is 13.6. The molecule has 0 aliphatic rings. The average Bonchev–Trinajstić information content (AvgIpc) is 2.58. The molecule has 24 heavy (non-hydrogen) atoms. The van der Waals surface area contributed by atoms with Crippen LogP contribution in [0.3, 0.4) is 0 Å². The molecular formula is C17H21FN6. The number of aliphatic imine (C=N–C) groups is 1. The predicted octanol–water partition coefficient (Wildman–Crippen LogP) is 3.09. The molecule has 0 radical (unpaired) electrons. The van der Waals surface area contributed by atoms with E-state index in [4.69, 9.17) is 5.73 Å². The number of nitrogens with zero attached hydrogens (tertiary/aromatic N) is 4. The van der Waals surface area contributed by atoms with E-state index >= 15 is 0 Å². The zero-order chi connectivity index (χ0) is 17.7. The fourth-order valence-corrected chi connectivity index (χ4v) is 2.20. The molecule has 0 aliphatic carbocycles. The number of pyridine rings is 2. The number of halogens is 1. The second kappa shape index (κ2) is 7.54. The highest BCUT2D eigenvalue weighted by Crippen LogP contribution is 2.29. The molecule has 2 aromatic heterocycles. The Morgan fingerprint density at radius 3 is 2.83 bits per heavy atom. The third-order valence-electron chi connectivity index (χ3n) is 3.62. The van der Waals surface area contributed by atoms with Gasteiger partial charge < -0.3 is 16.0 Å². The van der Waals surface area contributed by atoms with E-state index in [9.17, 15) is 4.39 Å². The van der Waals surface area contributed by atoms with Gasteiger partial charge in [-0.3, -0.25) is 9.98 Å². The van der Waals surface area contributed by atoms with Crippen molar-refractivity contribution in [1.82, 2.24) is 9.97 Å². The molecule has 7 heteroatoms. The molecule has 0 bridgehead atoms. The highest BCUT2D eigenvalue weighted by Gasteiger charge is 2.14. The van der Waals surface area contributed by atoms with Crippen LogP contribution in [0.4, 0.5) is 27.4 Å². The molecule has 0 atom stereocenters. The van der Waals surface area contributed by atoms with Crippen molar-refractivity contribution in [3.63, 3.8) is 0 Å². The standard InChI is InChI=1S/C17H21FN6/c1-5-11-7-13(18)16(19)23-17(11)22-14-9-21-10-15(24(4)6-2)12(14)8-20-3/h5,7-10H,1,6H2,2-4H3,(H3,19,22,23)/b20-8-. The van der Waals surface area contributed by atoms with Gasteiger partial charge in [0.1, 0.15) is 5.82 Å². The second-order valence-electron chi connectivity index (χ2n) is 5.14. The Kier molecular flexibility index (Phi) is 5.47. The summed E-state index contributed by atoms with van der Waals surface area (Å²) in [6.45, 7) is 6.55. The van der Waals surface area contributed by atoms with E-state index in [2.05, 4.69) is 31.8 Å².